The first-order chi connectivity index (χ1) is 18.5. The van der Waals surface area contributed by atoms with Crippen molar-refractivity contribution in [1.29, 1.82) is 0 Å². The summed E-state index contributed by atoms with van der Waals surface area (Å²) < 4.78 is 18.3. The Hall–Kier alpha value is -3.15. The quantitative estimate of drug-likeness (QED) is 0.141. The van der Waals surface area contributed by atoms with Gasteiger partial charge < -0.3 is 13.9 Å². The minimum absolute atomic E-state index is 0.0295. The predicted molar refractivity (Wildman–Crippen MR) is 164 cm³/mol. The number of ether oxygens (including phenoxy) is 2. The fraction of sp³-hybridized carbons (Fsp3) is 0.382. The molecule has 3 rings (SSSR count). The van der Waals surface area contributed by atoms with Gasteiger partial charge in [0.15, 0.2) is 0 Å². The second-order valence-electron chi connectivity index (χ2n) is 11.6. The Bertz CT molecular complexity index is 1160. The predicted octanol–water partition coefficient (Wildman–Crippen LogP) is 6.88. The molecule has 1 atom stereocenters. The van der Waals surface area contributed by atoms with E-state index in [1.807, 2.05) is 19.1 Å². The van der Waals surface area contributed by atoms with E-state index in [0.29, 0.717) is 13.0 Å². The summed E-state index contributed by atoms with van der Waals surface area (Å²) >= 11 is 0. The highest BCUT2D eigenvalue weighted by Gasteiger charge is 2.49. The van der Waals surface area contributed by atoms with Crippen molar-refractivity contribution < 1.29 is 18.7 Å². The fourth-order valence-corrected chi connectivity index (χ4v) is 9.67. The topological polar surface area (TPSA) is 44.8 Å². The molecular formula is C34H44O4Si. The van der Waals surface area contributed by atoms with Crippen LogP contribution in [0.4, 0.5) is 0 Å². The van der Waals surface area contributed by atoms with Crippen LogP contribution in [-0.2, 0) is 18.7 Å². The van der Waals surface area contributed by atoms with Crippen LogP contribution < -0.4 is 10.4 Å². The molecule has 0 amide bonds. The van der Waals surface area contributed by atoms with Crippen molar-refractivity contribution in [2.24, 2.45) is 5.41 Å². The summed E-state index contributed by atoms with van der Waals surface area (Å²) in [7, 11) is -1.21. The number of esters is 1. The van der Waals surface area contributed by atoms with E-state index in [-0.39, 0.29) is 17.1 Å². The van der Waals surface area contributed by atoms with E-state index in [2.05, 4.69) is 114 Å². The van der Waals surface area contributed by atoms with Crippen LogP contribution in [0.3, 0.4) is 0 Å². The lowest BCUT2D eigenvalue weighted by Gasteiger charge is -2.42. The zero-order valence-corrected chi connectivity index (χ0v) is 25.6. The molecule has 2 aromatic carbocycles. The second kappa shape index (κ2) is 13.3. The first kappa shape index (κ1) is 30.4. The van der Waals surface area contributed by atoms with Crippen molar-refractivity contribution in [1.82, 2.24) is 0 Å². The molecule has 1 aliphatic rings. The van der Waals surface area contributed by atoms with Gasteiger partial charge in [-0.15, -0.1) is 0 Å². The fourth-order valence-electron chi connectivity index (χ4n) is 5.17. The Labute approximate surface area is 236 Å². The Kier molecular flexibility index (Phi) is 10.3. The van der Waals surface area contributed by atoms with Crippen molar-refractivity contribution in [3.63, 3.8) is 0 Å². The molecular weight excluding hydrogens is 500 g/mol. The number of carbonyl (C=O) groups is 1. The lowest BCUT2D eigenvalue weighted by Crippen LogP contribution is -2.66. The van der Waals surface area contributed by atoms with Gasteiger partial charge >= 0.3 is 5.97 Å². The first-order valence-corrected chi connectivity index (χ1v) is 15.7. The third-order valence-electron chi connectivity index (χ3n) is 7.20. The maximum atomic E-state index is 12.0. The van der Waals surface area contributed by atoms with E-state index < -0.39 is 13.7 Å². The zero-order valence-electron chi connectivity index (χ0n) is 24.6. The third kappa shape index (κ3) is 7.49. The maximum absolute atomic E-state index is 12.0. The van der Waals surface area contributed by atoms with Gasteiger partial charge in [-0.2, -0.15) is 0 Å². The molecule has 0 saturated heterocycles. The normalized spacial score (nSPS) is 17.9. The molecule has 0 aromatic heterocycles. The van der Waals surface area contributed by atoms with Crippen LogP contribution in [0, 0.1) is 5.41 Å². The van der Waals surface area contributed by atoms with E-state index in [4.69, 9.17) is 13.9 Å². The molecule has 208 valence electrons. The van der Waals surface area contributed by atoms with Gasteiger partial charge in [0.2, 0.25) is 0 Å². The number of methoxy groups -OCH3 is 1. The monoisotopic (exact) mass is 544 g/mol. The highest BCUT2D eigenvalue weighted by atomic mass is 28.4. The van der Waals surface area contributed by atoms with Gasteiger partial charge in [0, 0.05) is 24.3 Å². The summed E-state index contributed by atoms with van der Waals surface area (Å²) in [4.78, 5) is 12.0. The van der Waals surface area contributed by atoms with Gasteiger partial charge in [-0.3, -0.25) is 0 Å². The Morgan fingerprint density at radius 1 is 0.974 bits per heavy atom. The lowest BCUT2D eigenvalue weighted by molar-refractivity contribution is -0.134. The molecule has 5 heteroatoms. The summed E-state index contributed by atoms with van der Waals surface area (Å²) in [6.07, 6.45) is 13.4. The molecule has 0 aliphatic carbocycles. The minimum Gasteiger partial charge on any atom is -0.493 e. The van der Waals surface area contributed by atoms with Crippen molar-refractivity contribution in [3.8, 4) is 0 Å². The van der Waals surface area contributed by atoms with Crippen molar-refractivity contribution in [3.05, 3.63) is 108 Å². The standard InChI is InChI=1S/C34H44O4Si/c1-8-9-17-28-24-27(26-32(35)36-7)25-31(38-28)34(5,6)22-16-23-37-39(33(2,3)4,29-18-12-10-13-19-29)30-20-14-11-15-21-30/h8-16,18-22,25-26,28H,17,23-24H2,1-7H3/b9-8+,22-16+,27-26+/t28-/m1/s1. The molecule has 0 N–H and O–H groups in total. The Balaban J connectivity index is 1.90. The first-order valence-electron chi connectivity index (χ1n) is 13.7. The van der Waals surface area contributed by atoms with Gasteiger partial charge in [-0.1, -0.05) is 106 Å². The van der Waals surface area contributed by atoms with Crippen LogP contribution in [-0.4, -0.2) is 34.1 Å². The van der Waals surface area contributed by atoms with Gasteiger partial charge in [-0.25, -0.2) is 4.79 Å². The molecule has 0 radical (unpaired) electrons. The van der Waals surface area contributed by atoms with Crippen LogP contribution in [0.1, 0.15) is 54.4 Å². The smallest absolute Gasteiger partial charge is 0.330 e. The number of hydrogen-bond acceptors (Lipinski definition) is 4. The van der Waals surface area contributed by atoms with Crippen LogP contribution in [0.5, 0.6) is 0 Å². The zero-order chi connectivity index (χ0) is 28.5. The van der Waals surface area contributed by atoms with Crippen molar-refractivity contribution >= 4 is 24.7 Å². The molecule has 1 heterocycles. The van der Waals surface area contributed by atoms with E-state index in [1.54, 1.807) is 6.08 Å². The van der Waals surface area contributed by atoms with Gasteiger partial charge in [0.25, 0.3) is 8.32 Å². The van der Waals surface area contributed by atoms with Crippen LogP contribution in [0.25, 0.3) is 0 Å². The molecule has 0 unspecified atom stereocenters. The van der Waals surface area contributed by atoms with Crippen LogP contribution >= 0.6 is 0 Å². The molecule has 0 fully saturated rings. The Morgan fingerprint density at radius 3 is 2.08 bits per heavy atom. The number of rotatable bonds is 10. The summed E-state index contributed by atoms with van der Waals surface area (Å²) in [5.41, 5.74) is 0.529. The average Bonchev–Trinajstić information content (AvgIpc) is 2.92. The van der Waals surface area contributed by atoms with Crippen LogP contribution in [0.15, 0.2) is 108 Å². The molecule has 0 bridgehead atoms. The number of allylic oxidation sites excluding steroid dienone is 3. The van der Waals surface area contributed by atoms with Crippen LogP contribution in [0.2, 0.25) is 5.04 Å². The molecule has 0 saturated carbocycles. The lowest BCUT2D eigenvalue weighted by atomic mass is 9.86. The highest BCUT2D eigenvalue weighted by molar-refractivity contribution is 6.99. The summed E-state index contributed by atoms with van der Waals surface area (Å²) in [6.45, 7) is 13.6. The third-order valence-corrected chi connectivity index (χ3v) is 12.2. The molecule has 0 spiro atoms. The Morgan fingerprint density at radius 2 is 1.56 bits per heavy atom. The molecule has 2 aromatic rings. The second-order valence-corrected chi connectivity index (χ2v) is 15.9. The molecule has 1 aliphatic heterocycles. The van der Waals surface area contributed by atoms with Crippen molar-refractivity contribution in [2.75, 3.05) is 13.7 Å². The number of carbonyl (C=O) groups excluding carboxylic acids is 1. The van der Waals surface area contributed by atoms with E-state index >= 15 is 0 Å². The largest absolute Gasteiger partial charge is 0.493 e. The summed E-state index contributed by atoms with van der Waals surface area (Å²) in [5.74, 6) is 0.486. The van der Waals surface area contributed by atoms with E-state index in [9.17, 15) is 4.79 Å². The van der Waals surface area contributed by atoms with Crippen molar-refractivity contribution in [2.45, 2.75) is 65.5 Å². The summed E-state index contributed by atoms with van der Waals surface area (Å²) in [6, 6.07) is 21.4. The molecule has 39 heavy (non-hydrogen) atoms. The van der Waals surface area contributed by atoms with Gasteiger partial charge in [-0.05, 0) is 47.8 Å². The number of benzene rings is 2. The van der Waals surface area contributed by atoms with E-state index in [1.165, 1.54) is 17.5 Å². The van der Waals surface area contributed by atoms with Gasteiger partial charge in [0.1, 0.15) is 11.9 Å². The highest BCUT2D eigenvalue weighted by Crippen LogP contribution is 2.38. The molecule has 4 nitrogen and oxygen atoms in total. The van der Waals surface area contributed by atoms with E-state index in [0.717, 1.165) is 17.8 Å². The van der Waals surface area contributed by atoms with Gasteiger partial charge in [0.05, 0.1) is 13.7 Å². The summed E-state index contributed by atoms with van der Waals surface area (Å²) in [5, 5.41) is 2.44. The minimum atomic E-state index is -2.61. The SMILES string of the molecule is C/C=C/C[C@@H]1C/C(=C\C(=O)OC)C=C(C(C)(C)/C=C/CO[Si](c2ccccc2)(c2ccccc2)C(C)(C)C)O1. The number of hydrogen-bond donors (Lipinski definition) is 0. The maximum Gasteiger partial charge on any atom is 0.330 e. The average molecular weight is 545 g/mol.